The van der Waals surface area contributed by atoms with Crippen LogP contribution in [-0.2, 0) is 12.2 Å². The molecule has 0 saturated heterocycles. The second kappa shape index (κ2) is 6.74. The molecule has 0 bridgehead atoms. The molecule has 0 atom stereocenters. The summed E-state index contributed by atoms with van der Waals surface area (Å²) >= 11 is 1.39. The minimum absolute atomic E-state index is 0.491. The van der Waals surface area contributed by atoms with Crippen LogP contribution in [0.15, 0.2) is 38.4 Å². The Morgan fingerprint density at radius 2 is 1.86 bits per heavy atom. The van der Waals surface area contributed by atoms with E-state index in [0.717, 1.165) is 18.4 Å². The van der Waals surface area contributed by atoms with Crippen molar-refractivity contribution in [3.63, 3.8) is 0 Å². The fraction of sp³-hybridized carbons (Fsp3) is 0.333. The van der Waals surface area contributed by atoms with Gasteiger partial charge in [0.05, 0.1) is 5.75 Å². The van der Waals surface area contributed by atoms with Crippen LogP contribution < -0.4 is 0 Å². The van der Waals surface area contributed by atoms with Crippen molar-refractivity contribution in [3.8, 4) is 11.4 Å². The second-order valence-electron chi connectivity index (χ2n) is 4.88. The lowest BCUT2D eigenvalue weighted by Crippen LogP contribution is -1.82. The lowest BCUT2D eigenvalue weighted by atomic mass is 10.1. The van der Waals surface area contributed by atoms with Crippen LogP contribution in [0.2, 0.25) is 0 Å². The Kier molecular flexibility index (Phi) is 4.53. The van der Waals surface area contributed by atoms with E-state index in [1.807, 2.05) is 31.2 Å². The number of hydrogen-bond acceptors (Lipinski definition) is 7. The third-order valence-electron chi connectivity index (χ3n) is 3.01. The molecular weight excluding hydrogens is 300 g/mol. The van der Waals surface area contributed by atoms with Crippen LogP contribution in [-0.4, -0.2) is 20.3 Å². The molecule has 0 amide bonds. The second-order valence-corrected chi connectivity index (χ2v) is 5.80. The van der Waals surface area contributed by atoms with Gasteiger partial charge in [-0.05, 0) is 13.3 Å². The minimum Gasteiger partial charge on any atom is -0.424 e. The normalized spacial score (nSPS) is 11.0. The van der Waals surface area contributed by atoms with E-state index in [0.29, 0.717) is 28.6 Å². The largest absolute Gasteiger partial charge is 0.424 e. The molecule has 6 nitrogen and oxygen atoms in total. The van der Waals surface area contributed by atoms with Gasteiger partial charge < -0.3 is 8.94 Å². The molecule has 0 unspecified atom stereocenters. The summed E-state index contributed by atoms with van der Waals surface area (Å²) in [6, 6.07) is 7.99. The number of nitrogens with zero attached hydrogens (tertiary/aromatic N) is 4. The summed E-state index contributed by atoms with van der Waals surface area (Å²) in [5.74, 6) is 2.35. The molecule has 3 aromatic rings. The highest BCUT2D eigenvalue weighted by molar-refractivity contribution is 7.98. The van der Waals surface area contributed by atoms with E-state index in [9.17, 15) is 0 Å². The lowest BCUT2D eigenvalue weighted by Gasteiger charge is -1.94. The molecule has 2 heterocycles. The summed E-state index contributed by atoms with van der Waals surface area (Å²) in [4.78, 5) is 4.36. The van der Waals surface area contributed by atoms with Crippen LogP contribution >= 0.6 is 11.8 Å². The average molecular weight is 316 g/mol. The maximum absolute atomic E-state index is 5.52. The third-order valence-corrected chi connectivity index (χ3v) is 3.81. The van der Waals surface area contributed by atoms with Gasteiger partial charge in [0, 0.05) is 12.0 Å². The molecule has 0 saturated carbocycles. The quantitative estimate of drug-likeness (QED) is 0.642. The Morgan fingerprint density at radius 1 is 1.09 bits per heavy atom. The first-order valence-electron chi connectivity index (χ1n) is 7.09. The molecule has 0 spiro atoms. The number of thioether (sulfide) groups is 1. The molecule has 0 aliphatic rings. The zero-order valence-corrected chi connectivity index (χ0v) is 13.3. The summed E-state index contributed by atoms with van der Waals surface area (Å²) in [6.07, 6.45) is 1.79. The van der Waals surface area contributed by atoms with Crippen molar-refractivity contribution >= 4 is 11.8 Å². The molecule has 0 N–H and O–H groups in total. The monoisotopic (exact) mass is 316 g/mol. The number of benzene rings is 1. The summed E-state index contributed by atoms with van der Waals surface area (Å²) in [6.45, 7) is 4.11. The Labute approximate surface area is 132 Å². The van der Waals surface area contributed by atoms with Crippen molar-refractivity contribution in [2.45, 2.75) is 37.7 Å². The van der Waals surface area contributed by atoms with Crippen molar-refractivity contribution in [3.05, 3.63) is 41.6 Å². The molecule has 0 aliphatic carbocycles. The predicted molar refractivity (Wildman–Crippen MR) is 82.3 cm³/mol. The highest BCUT2D eigenvalue weighted by Crippen LogP contribution is 2.24. The van der Waals surface area contributed by atoms with Gasteiger partial charge in [-0.1, -0.05) is 53.7 Å². The van der Waals surface area contributed by atoms with Crippen molar-refractivity contribution < 1.29 is 8.94 Å². The summed E-state index contributed by atoms with van der Waals surface area (Å²) in [7, 11) is 0. The maximum atomic E-state index is 5.52. The van der Waals surface area contributed by atoms with Crippen molar-refractivity contribution in [2.75, 3.05) is 0 Å². The molecule has 2 aromatic heterocycles. The Hall–Kier alpha value is -2.15. The van der Waals surface area contributed by atoms with Crippen molar-refractivity contribution in [1.82, 2.24) is 20.3 Å². The van der Waals surface area contributed by atoms with Gasteiger partial charge in [0.25, 0.3) is 5.22 Å². The average Bonchev–Trinajstić information content (AvgIpc) is 3.16. The van der Waals surface area contributed by atoms with Gasteiger partial charge >= 0.3 is 0 Å². The number of hydrogen-bond donors (Lipinski definition) is 0. The van der Waals surface area contributed by atoms with Crippen LogP contribution in [0.25, 0.3) is 11.4 Å². The SMILES string of the molecule is CCCc1nnc(CSc2nc(-c3ccc(C)cc3)no2)o1. The first-order valence-corrected chi connectivity index (χ1v) is 8.08. The van der Waals surface area contributed by atoms with Gasteiger partial charge in [0.2, 0.25) is 17.6 Å². The van der Waals surface area contributed by atoms with Crippen molar-refractivity contribution in [2.24, 2.45) is 0 Å². The van der Waals surface area contributed by atoms with Crippen LogP contribution in [0.5, 0.6) is 0 Å². The molecule has 0 fully saturated rings. The fourth-order valence-electron chi connectivity index (χ4n) is 1.87. The van der Waals surface area contributed by atoms with Gasteiger partial charge in [-0.3, -0.25) is 0 Å². The summed E-state index contributed by atoms with van der Waals surface area (Å²) < 4.78 is 10.8. The van der Waals surface area contributed by atoms with E-state index in [1.54, 1.807) is 0 Å². The van der Waals surface area contributed by atoms with Crippen LogP contribution in [0.1, 0.15) is 30.7 Å². The van der Waals surface area contributed by atoms with E-state index in [1.165, 1.54) is 17.3 Å². The Balaban J connectivity index is 1.62. The van der Waals surface area contributed by atoms with E-state index in [-0.39, 0.29) is 0 Å². The van der Waals surface area contributed by atoms with Gasteiger partial charge in [0.1, 0.15) is 0 Å². The maximum Gasteiger partial charge on any atom is 0.286 e. The van der Waals surface area contributed by atoms with E-state index in [4.69, 9.17) is 8.94 Å². The zero-order chi connectivity index (χ0) is 15.4. The number of aromatic nitrogens is 4. The standard InChI is InChI=1S/C15H16N4O2S/c1-3-4-12-17-18-13(20-12)9-22-15-16-14(19-21-15)11-7-5-10(2)6-8-11/h5-8H,3-4,9H2,1-2H3. The van der Waals surface area contributed by atoms with Crippen LogP contribution in [0, 0.1) is 6.92 Å². The van der Waals surface area contributed by atoms with E-state index < -0.39 is 0 Å². The number of rotatable bonds is 6. The molecule has 22 heavy (non-hydrogen) atoms. The van der Waals surface area contributed by atoms with Gasteiger partial charge in [-0.25, -0.2) is 0 Å². The van der Waals surface area contributed by atoms with Gasteiger partial charge in [-0.2, -0.15) is 4.98 Å². The molecule has 0 radical (unpaired) electrons. The summed E-state index contributed by atoms with van der Waals surface area (Å²) in [5, 5.41) is 12.5. The Bertz CT molecular complexity index is 736. The molecule has 0 aliphatic heterocycles. The third kappa shape index (κ3) is 3.54. The van der Waals surface area contributed by atoms with E-state index >= 15 is 0 Å². The highest BCUT2D eigenvalue weighted by atomic mass is 32.2. The first-order chi connectivity index (χ1) is 10.7. The van der Waals surface area contributed by atoms with Crippen LogP contribution in [0.4, 0.5) is 0 Å². The predicted octanol–water partition coefficient (Wildman–Crippen LogP) is 3.67. The molecule has 114 valence electrons. The zero-order valence-electron chi connectivity index (χ0n) is 12.4. The molecule has 3 rings (SSSR count). The van der Waals surface area contributed by atoms with Gasteiger partial charge in [-0.15, -0.1) is 10.2 Å². The fourth-order valence-corrected chi connectivity index (χ4v) is 2.48. The molecular formula is C15H16N4O2S. The molecule has 7 heteroatoms. The minimum atomic E-state index is 0.491. The lowest BCUT2D eigenvalue weighted by molar-refractivity contribution is 0.341. The smallest absolute Gasteiger partial charge is 0.286 e. The number of aryl methyl sites for hydroxylation is 2. The first kappa shape index (κ1) is 14.8. The van der Waals surface area contributed by atoms with Crippen molar-refractivity contribution in [1.29, 1.82) is 0 Å². The summed E-state index contributed by atoms with van der Waals surface area (Å²) in [5.41, 5.74) is 2.13. The molecule has 1 aromatic carbocycles. The van der Waals surface area contributed by atoms with Gasteiger partial charge in [0.15, 0.2) is 0 Å². The topological polar surface area (TPSA) is 77.8 Å². The van der Waals surface area contributed by atoms with E-state index in [2.05, 4.69) is 27.3 Å². The Morgan fingerprint density at radius 3 is 2.64 bits per heavy atom. The van der Waals surface area contributed by atoms with Crippen LogP contribution in [0.3, 0.4) is 0 Å². The highest BCUT2D eigenvalue weighted by Gasteiger charge is 2.11.